The van der Waals surface area contributed by atoms with Crippen LogP contribution in [0.2, 0.25) is 0 Å². The lowest BCUT2D eigenvalue weighted by molar-refractivity contribution is -0.120. The van der Waals surface area contributed by atoms with Crippen LogP contribution in [-0.2, 0) is 36.0 Å². The van der Waals surface area contributed by atoms with Crippen LogP contribution in [0.15, 0.2) is 53.7 Å². The lowest BCUT2D eigenvalue weighted by Crippen LogP contribution is -2.26. The molecule has 0 fully saturated rings. The minimum Gasteiger partial charge on any atom is -0.497 e. The van der Waals surface area contributed by atoms with E-state index in [0.29, 0.717) is 11.0 Å². The number of para-hydroxylation sites is 1. The van der Waals surface area contributed by atoms with Gasteiger partial charge in [0.2, 0.25) is 11.8 Å². The number of carbonyl (C=O) groups is 2. The van der Waals surface area contributed by atoms with Crippen LogP contribution in [0, 0.1) is 0 Å². The number of nitrogens with zero attached hydrogens (tertiary/aromatic N) is 3. The summed E-state index contributed by atoms with van der Waals surface area (Å²) in [6.07, 6.45) is 1.11. The first-order valence-electron chi connectivity index (χ1n) is 10.3. The Hall–Kier alpha value is -3.33. The van der Waals surface area contributed by atoms with Crippen molar-refractivity contribution in [2.75, 3.05) is 18.2 Å². The first-order chi connectivity index (χ1) is 15.5. The number of carbonyl (C=O) groups excluding carboxylic acids is 2. The molecule has 9 heteroatoms. The summed E-state index contributed by atoms with van der Waals surface area (Å²) < 4.78 is 6.91. The molecular weight excluding hydrogens is 426 g/mol. The smallest absolute Gasteiger partial charge is 0.234 e. The molecule has 3 rings (SSSR count). The number of methoxy groups -OCH3 is 1. The number of ether oxygens (including phenoxy) is 1. The van der Waals surface area contributed by atoms with E-state index in [1.54, 1.807) is 11.7 Å². The molecule has 0 aliphatic carbocycles. The summed E-state index contributed by atoms with van der Waals surface area (Å²) in [5, 5.41) is 14.7. The maximum atomic E-state index is 12.3. The SMILES string of the molecule is CCc1ccccc1NC(=O)CSc1nnc(CNC(=O)Cc2ccc(OC)cc2)n1C. The second kappa shape index (κ2) is 11.3. The number of nitrogens with one attached hydrogen (secondary N) is 2. The highest BCUT2D eigenvalue weighted by molar-refractivity contribution is 7.99. The molecule has 32 heavy (non-hydrogen) atoms. The summed E-state index contributed by atoms with van der Waals surface area (Å²) in [6, 6.07) is 15.1. The summed E-state index contributed by atoms with van der Waals surface area (Å²) in [5.74, 6) is 1.37. The molecule has 0 bridgehead atoms. The van der Waals surface area contributed by atoms with Gasteiger partial charge in [-0.25, -0.2) is 0 Å². The van der Waals surface area contributed by atoms with E-state index in [1.807, 2.05) is 55.6 Å². The molecule has 1 aromatic heterocycles. The zero-order chi connectivity index (χ0) is 22.9. The van der Waals surface area contributed by atoms with Crippen molar-refractivity contribution in [1.82, 2.24) is 20.1 Å². The van der Waals surface area contributed by atoms with E-state index in [2.05, 4.69) is 27.8 Å². The number of hydrogen-bond acceptors (Lipinski definition) is 6. The average molecular weight is 454 g/mol. The van der Waals surface area contributed by atoms with E-state index in [-0.39, 0.29) is 30.5 Å². The van der Waals surface area contributed by atoms with Crippen LogP contribution in [0.3, 0.4) is 0 Å². The molecule has 0 unspecified atom stereocenters. The largest absolute Gasteiger partial charge is 0.497 e. The highest BCUT2D eigenvalue weighted by Crippen LogP contribution is 2.19. The van der Waals surface area contributed by atoms with Gasteiger partial charge in [-0.3, -0.25) is 9.59 Å². The van der Waals surface area contributed by atoms with Gasteiger partial charge < -0.3 is 19.9 Å². The number of aromatic nitrogens is 3. The molecule has 3 aromatic rings. The molecule has 2 N–H and O–H groups in total. The highest BCUT2D eigenvalue weighted by atomic mass is 32.2. The van der Waals surface area contributed by atoms with Crippen molar-refractivity contribution in [3.8, 4) is 5.75 Å². The van der Waals surface area contributed by atoms with Gasteiger partial charge in [-0.15, -0.1) is 10.2 Å². The monoisotopic (exact) mass is 453 g/mol. The summed E-state index contributed by atoms with van der Waals surface area (Å²) in [6.45, 7) is 2.31. The lowest BCUT2D eigenvalue weighted by atomic mass is 10.1. The van der Waals surface area contributed by atoms with E-state index < -0.39 is 0 Å². The van der Waals surface area contributed by atoms with Crippen molar-refractivity contribution in [3.05, 3.63) is 65.5 Å². The first kappa shape index (κ1) is 23.3. The second-order valence-corrected chi connectivity index (χ2v) is 8.05. The van der Waals surface area contributed by atoms with E-state index in [9.17, 15) is 9.59 Å². The van der Waals surface area contributed by atoms with Gasteiger partial charge in [0, 0.05) is 12.7 Å². The third kappa shape index (κ3) is 6.34. The molecule has 2 amide bonds. The predicted octanol–water partition coefficient (Wildman–Crippen LogP) is 2.98. The van der Waals surface area contributed by atoms with Crippen LogP contribution in [-0.4, -0.2) is 39.4 Å². The van der Waals surface area contributed by atoms with Gasteiger partial charge in [-0.05, 0) is 35.7 Å². The van der Waals surface area contributed by atoms with Gasteiger partial charge in [0.05, 0.1) is 25.8 Å². The number of hydrogen-bond donors (Lipinski definition) is 2. The molecule has 0 saturated heterocycles. The third-order valence-corrected chi connectivity index (χ3v) is 5.92. The zero-order valence-electron chi connectivity index (χ0n) is 18.4. The molecule has 0 atom stereocenters. The van der Waals surface area contributed by atoms with Crippen LogP contribution in [0.4, 0.5) is 5.69 Å². The fraction of sp³-hybridized carbons (Fsp3) is 0.304. The summed E-state index contributed by atoms with van der Waals surface area (Å²) in [4.78, 5) is 24.6. The van der Waals surface area contributed by atoms with Gasteiger partial charge in [0.25, 0.3) is 0 Å². The molecule has 168 valence electrons. The third-order valence-electron chi connectivity index (χ3n) is 4.90. The molecule has 2 aromatic carbocycles. The summed E-state index contributed by atoms with van der Waals surface area (Å²) in [5.41, 5.74) is 2.82. The van der Waals surface area contributed by atoms with E-state index >= 15 is 0 Å². The molecule has 1 heterocycles. The molecule has 0 aliphatic rings. The van der Waals surface area contributed by atoms with Crippen molar-refractivity contribution in [3.63, 3.8) is 0 Å². The topological polar surface area (TPSA) is 98.1 Å². The van der Waals surface area contributed by atoms with Gasteiger partial charge in [0.1, 0.15) is 5.75 Å². The lowest BCUT2D eigenvalue weighted by Gasteiger charge is -2.09. The Kier molecular flexibility index (Phi) is 8.27. The quantitative estimate of drug-likeness (QED) is 0.458. The molecule has 0 spiro atoms. The number of amides is 2. The van der Waals surface area contributed by atoms with Crippen LogP contribution in [0.1, 0.15) is 23.9 Å². The van der Waals surface area contributed by atoms with Crippen LogP contribution in [0.25, 0.3) is 0 Å². The fourth-order valence-corrected chi connectivity index (χ4v) is 3.79. The highest BCUT2D eigenvalue weighted by Gasteiger charge is 2.13. The summed E-state index contributed by atoms with van der Waals surface area (Å²) >= 11 is 1.30. The number of anilines is 1. The normalized spacial score (nSPS) is 10.6. The predicted molar refractivity (Wildman–Crippen MR) is 125 cm³/mol. The van der Waals surface area contributed by atoms with Crippen LogP contribution >= 0.6 is 11.8 Å². The molecule has 0 saturated carbocycles. The number of thioether (sulfide) groups is 1. The standard InChI is InChI=1S/C23H27N5O3S/c1-4-17-7-5-6-8-19(17)25-22(30)15-32-23-27-26-20(28(23)2)14-24-21(29)13-16-9-11-18(31-3)12-10-16/h5-12H,4,13-15H2,1-3H3,(H,24,29)(H,25,30). The minimum absolute atomic E-state index is 0.103. The van der Waals surface area contributed by atoms with E-state index in [0.717, 1.165) is 29.0 Å². The van der Waals surface area contributed by atoms with Crippen LogP contribution in [0.5, 0.6) is 5.75 Å². The Morgan fingerprint density at radius 2 is 1.81 bits per heavy atom. The van der Waals surface area contributed by atoms with Gasteiger partial charge in [-0.1, -0.05) is 49.0 Å². The first-order valence-corrected chi connectivity index (χ1v) is 11.3. The van der Waals surface area contributed by atoms with Crippen molar-refractivity contribution < 1.29 is 14.3 Å². The fourth-order valence-electron chi connectivity index (χ4n) is 3.06. The van der Waals surface area contributed by atoms with Gasteiger partial charge in [0.15, 0.2) is 11.0 Å². The molecule has 0 radical (unpaired) electrons. The summed E-state index contributed by atoms with van der Waals surface area (Å²) in [7, 11) is 3.42. The van der Waals surface area contributed by atoms with E-state index in [4.69, 9.17) is 4.74 Å². The number of aryl methyl sites for hydroxylation is 1. The Labute approximate surface area is 191 Å². The van der Waals surface area contributed by atoms with Crippen molar-refractivity contribution in [2.24, 2.45) is 7.05 Å². The average Bonchev–Trinajstić information content (AvgIpc) is 3.16. The Balaban J connectivity index is 1.48. The second-order valence-electron chi connectivity index (χ2n) is 7.11. The Morgan fingerprint density at radius 1 is 1.06 bits per heavy atom. The number of rotatable bonds is 10. The molecular formula is C23H27N5O3S. The van der Waals surface area contributed by atoms with Crippen LogP contribution < -0.4 is 15.4 Å². The zero-order valence-corrected chi connectivity index (χ0v) is 19.2. The van der Waals surface area contributed by atoms with Crippen molar-refractivity contribution in [2.45, 2.75) is 31.5 Å². The van der Waals surface area contributed by atoms with E-state index in [1.165, 1.54) is 11.8 Å². The van der Waals surface area contributed by atoms with Gasteiger partial charge >= 0.3 is 0 Å². The molecule has 0 aliphatic heterocycles. The Bertz CT molecular complexity index is 1070. The molecule has 8 nitrogen and oxygen atoms in total. The van der Waals surface area contributed by atoms with Crippen molar-refractivity contribution in [1.29, 1.82) is 0 Å². The number of benzene rings is 2. The minimum atomic E-state index is -0.110. The maximum Gasteiger partial charge on any atom is 0.234 e. The van der Waals surface area contributed by atoms with Crippen molar-refractivity contribution >= 4 is 29.3 Å². The Morgan fingerprint density at radius 3 is 2.53 bits per heavy atom. The van der Waals surface area contributed by atoms with Gasteiger partial charge in [-0.2, -0.15) is 0 Å². The maximum absolute atomic E-state index is 12.3.